The SMILES string of the molecule is COC(CN)CC(=O)NC(Cc1ccc(O)cc1)C(=O)O. The van der Waals surface area contributed by atoms with Crippen LogP contribution in [-0.4, -0.2) is 47.9 Å². The Morgan fingerprint density at radius 2 is 1.95 bits per heavy atom. The van der Waals surface area contributed by atoms with Crippen LogP contribution in [0.3, 0.4) is 0 Å². The summed E-state index contributed by atoms with van der Waals surface area (Å²) < 4.78 is 4.98. The van der Waals surface area contributed by atoms with Crippen molar-refractivity contribution in [2.75, 3.05) is 13.7 Å². The number of phenolic OH excluding ortho intramolecular Hbond substituents is 1. The number of amides is 1. The Bertz CT molecular complexity index is 471. The molecule has 2 atom stereocenters. The molecule has 1 aromatic rings. The molecule has 0 aliphatic rings. The standard InChI is InChI=1S/C14H20N2O5/c1-21-11(8-15)7-13(18)16-12(14(19)20)6-9-2-4-10(17)5-3-9/h2-5,11-12,17H,6-8,15H2,1H3,(H,16,18)(H,19,20). The van der Waals surface area contributed by atoms with E-state index < -0.39 is 24.0 Å². The second-order valence-corrected chi connectivity index (χ2v) is 4.63. The average molecular weight is 296 g/mol. The van der Waals surface area contributed by atoms with Gasteiger partial charge in [0.05, 0.1) is 12.5 Å². The van der Waals surface area contributed by atoms with E-state index in [1.165, 1.54) is 19.2 Å². The number of carboxylic acid groups (broad SMARTS) is 1. The van der Waals surface area contributed by atoms with Crippen molar-refractivity contribution in [1.29, 1.82) is 0 Å². The van der Waals surface area contributed by atoms with Crippen LogP contribution in [0.15, 0.2) is 24.3 Å². The number of carbonyl (C=O) groups is 2. The van der Waals surface area contributed by atoms with Crippen LogP contribution in [0, 0.1) is 0 Å². The number of hydrogen-bond acceptors (Lipinski definition) is 5. The number of hydrogen-bond donors (Lipinski definition) is 4. The number of aliphatic carboxylic acids is 1. The fraction of sp³-hybridized carbons (Fsp3) is 0.429. The summed E-state index contributed by atoms with van der Waals surface area (Å²) in [5.74, 6) is -1.46. The summed E-state index contributed by atoms with van der Waals surface area (Å²) >= 11 is 0. The third-order valence-corrected chi connectivity index (χ3v) is 3.02. The summed E-state index contributed by atoms with van der Waals surface area (Å²) in [6, 6.07) is 5.10. The van der Waals surface area contributed by atoms with Crippen LogP contribution in [-0.2, 0) is 20.7 Å². The molecule has 0 aliphatic carbocycles. The van der Waals surface area contributed by atoms with Crippen LogP contribution < -0.4 is 11.1 Å². The maximum atomic E-state index is 11.8. The first kappa shape index (κ1) is 16.9. The molecule has 0 aromatic heterocycles. The van der Waals surface area contributed by atoms with Crippen molar-refractivity contribution in [2.45, 2.75) is 25.0 Å². The second kappa shape index (κ2) is 8.23. The van der Waals surface area contributed by atoms with Gasteiger partial charge in [0, 0.05) is 20.1 Å². The summed E-state index contributed by atoms with van der Waals surface area (Å²) in [6.45, 7) is 0.180. The summed E-state index contributed by atoms with van der Waals surface area (Å²) in [7, 11) is 1.44. The van der Waals surface area contributed by atoms with Gasteiger partial charge in [-0.2, -0.15) is 0 Å². The van der Waals surface area contributed by atoms with Crippen molar-refractivity contribution < 1.29 is 24.5 Å². The number of carbonyl (C=O) groups excluding carboxylic acids is 1. The molecule has 0 radical (unpaired) electrons. The van der Waals surface area contributed by atoms with E-state index in [-0.39, 0.29) is 25.1 Å². The van der Waals surface area contributed by atoms with Gasteiger partial charge in [0.25, 0.3) is 0 Å². The van der Waals surface area contributed by atoms with Crippen LogP contribution >= 0.6 is 0 Å². The third kappa shape index (κ3) is 5.80. The number of rotatable bonds is 8. The normalized spacial score (nSPS) is 13.4. The number of nitrogens with one attached hydrogen (secondary N) is 1. The van der Waals surface area contributed by atoms with Gasteiger partial charge in [-0.25, -0.2) is 4.79 Å². The number of benzene rings is 1. The van der Waals surface area contributed by atoms with Crippen LogP contribution in [0.4, 0.5) is 0 Å². The third-order valence-electron chi connectivity index (χ3n) is 3.02. The van der Waals surface area contributed by atoms with Crippen LogP contribution in [0.5, 0.6) is 5.75 Å². The van der Waals surface area contributed by atoms with Gasteiger partial charge >= 0.3 is 5.97 Å². The first-order chi connectivity index (χ1) is 9.96. The highest BCUT2D eigenvalue weighted by molar-refractivity contribution is 5.84. The van der Waals surface area contributed by atoms with E-state index in [2.05, 4.69) is 5.32 Å². The molecular weight excluding hydrogens is 276 g/mol. The van der Waals surface area contributed by atoms with Crippen molar-refractivity contribution in [2.24, 2.45) is 5.73 Å². The fourth-order valence-electron chi connectivity index (χ4n) is 1.79. The molecule has 0 saturated heterocycles. The van der Waals surface area contributed by atoms with Gasteiger partial charge in [0.1, 0.15) is 11.8 Å². The quantitative estimate of drug-likeness (QED) is 0.530. The number of methoxy groups -OCH3 is 1. The molecule has 1 aromatic carbocycles. The highest BCUT2D eigenvalue weighted by Gasteiger charge is 2.22. The number of aromatic hydroxyl groups is 1. The minimum absolute atomic E-state index is 0.00631. The monoisotopic (exact) mass is 296 g/mol. The van der Waals surface area contributed by atoms with Gasteiger partial charge in [-0.3, -0.25) is 4.79 Å². The predicted octanol–water partition coefficient (Wildman–Crippen LogP) is -0.132. The van der Waals surface area contributed by atoms with Gasteiger partial charge in [-0.05, 0) is 17.7 Å². The fourth-order valence-corrected chi connectivity index (χ4v) is 1.79. The Morgan fingerprint density at radius 1 is 1.33 bits per heavy atom. The highest BCUT2D eigenvalue weighted by Crippen LogP contribution is 2.11. The lowest BCUT2D eigenvalue weighted by Gasteiger charge is -2.17. The van der Waals surface area contributed by atoms with Gasteiger partial charge < -0.3 is 26.0 Å². The maximum Gasteiger partial charge on any atom is 0.326 e. The van der Waals surface area contributed by atoms with Gasteiger partial charge in [0.2, 0.25) is 5.91 Å². The molecule has 0 spiro atoms. The molecule has 7 nitrogen and oxygen atoms in total. The number of phenols is 1. The molecule has 0 aliphatic heterocycles. The van der Waals surface area contributed by atoms with Crippen molar-refractivity contribution in [3.63, 3.8) is 0 Å². The van der Waals surface area contributed by atoms with E-state index in [9.17, 15) is 14.7 Å². The summed E-state index contributed by atoms with van der Waals surface area (Å²) in [4.78, 5) is 23.0. The van der Waals surface area contributed by atoms with Crippen molar-refractivity contribution >= 4 is 11.9 Å². The van der Waals surface area contributed by atoms with Crippen LogP contribution in [0.25, 0.3) is 0 Å². The van der Waals surface area contributed by atoms with Crippen molar-refractivity contribution in [3.05, 3.63) is 29.8 Å². The lowest BCUT2D eigenvalue weighted by molar-refractivity contribution is -0.142. The highest BCUT2D eigenvalue weighted by atomic mass is 16.5. The molecule has 0 fully saturated rings. The molecule has 2 unspecified atom stereocenters. The number of carboxylic acids is 1. The second-order valence-electron chi connectivity index (χ2n) is 4.63. The lowest BCUT2D eigenvalue weighted by Crippen LogP contribution is -2.44. The van der Waals surface area contributed by atoms with Gasteiger partial charge in [-0.1, -0.05) is 12.1 Å². The summed E-state index contributed by atoms with van der Waals surface area (Å²) in [6.07, 6.45) is -0.304. The summed E-state index contributed by atoms with van der Waals surface area (Å²) in [5, 5.41) is 20.8. The predicted molar refractivity (Wildman–Crippen MR) is 75.8 cm³/mol. The number of ether oxygens (including phenoxy) is 1. The molecule has 21 heavy (non-hydrogen) atoms. The minimum atomic E-state index is -1.13. The molecule has 0 bridgehead atoms. The number of nitrogens with two attached hydrogens (primary N) is 1. The van der Waals surface area contributed by atoms with Crippen molar-refractivity contribution in [3.8, 4) is 5.75 Å². The molecule has 1 amide bonds. The molecule has 0 saturated carbocycles. The maximum absolute atomic E-state index is 11.8. The van der Waals surface area contributed by atoms with E-state index in [1.54, 1.807) is 12.1 Å². The smallest absolute Gasteiger partial charge is 0.326 e. The first-order valence-electron chi connectivity index (χ1n) is 6.49. The Kier molecular flexibility index (Phi) is 6.64. The topological polar surface area (TPSA) is 122 Å². The van der Waals surface area contributed by atoms with E-state index in [4.69, 9.17) is 15.6 Å². The Morgan fingerprint density at radius 3 is 2.43 bits per heavy atom. The van der Waals surface area contributed by atoms with E-state index in [0.29, 0.717) is 5.56 Å². The van der Waals surface area contributed by atoms with Crippen molar-refractivity contribution in [1.82, 2.24) is 5.32 Å². The molecule has 7 heteroatoms. The van der Waals surface area contributed by atoms with Gasteiger partial charge in [0.15, 0.2) is 0 Å². The van der Waals surface area contributed by atoms with E-state index >= 15 is 0 Å². The Labute approximate surface area is 122 Å². The zero-order valence-electron chi connectivity index (χ0n) is 11.8. The van der Waals surface area contributed by atoms with E-state index in [1.807, 2.05) is 0 Å². The van der Waals surface area contributed by atoms with E-state index in [0.717, 1.165) is 0 Å². The Balaban J connectivity index is 2.63. The van der Waals surface area contributed by atoms with Gasteiger partial charge in [-0.15, -0.1) is 0 Å². The molecule has 5 N–H and O–H groups in total. The zero-order chi connectivity index (χ0) is 15.8. The lowest BCUT2D eigenvalue weighted by atomic mass is 10.1. The first-order valence-corrected chi connectivity index (χ1v) is 6.49. The zero-order valence-corrected chi connectivity index (χ0v) is 11.8. The average Bonchev–Trinajstić information content (AvgIpc) is 2.46. The van der Waals surface area contributed by atoms with Crippen LogP contribution in [0.2, 0.25) is 0 Å². The molecule has 0 heterocycles. The largest absolute Gasteiger partial charge is 0.508 e. The Hall–Kier alpha value is -2.12. The molecular formula is C14H20N2O5. The minimum Gasteiger partial charge on any atom is -0.508 e. The molecule has 1 rings (SSSR count). The molecule has 116 valence electrons. The van der Waals surface area contributed by atoms with Crippen LogP contribution in [0.1, 0.15) is 12.0 Å². The summed E-state index contributed by atoms with van der Waals surface area (Å²) in [5.41, 5.74) is 6.11.